The molecule has 1 aliphatic heterocycles. The highest BCUT2D eigenvalue weighted by atomic mass is 16.5. The molecule has 2 aliphatic carbocycles. The summed E-state index contributed by atoms with van der Waals surface area (Å²) in [5, 5.41) is 0. The third-order valence-electron chi connectivity index (χ3n) is 10.2. The first-order valence-corrected chi connectivity index (χ1v) is 15.9. The lowest BCUT2D eigenvalue weighted by Crippen LogP contribution is -2.34. The number of carbonyl (C=O) groups is 3. The number of rotatable bonds is 7. The van der Waals surface area contributed by atoms with Crippen LogP contribution in [0.1, 0.15) is 78.6 Å². The van der Waals surface area contributed by atoms with E-state index in [2.05, 4.69) is 30.3 Å². The number of Topliss-reactive ketones (excluding diaryl/α,β-unsaturated/α-hetero) is 2. The molecule has 4 heteroatoms. The molecule has 0 radical (unpaired) electrons. The first-order chi connectivity index (χ1) is 22.6. The molecule has 0 N–H and O–H groups in total. The smallest absolute Gasteiger partial charge is 0.315 e. The Labute approximate surface area is 268 Å². The molecule has 0 saturated carbocycles. The number of esters is 1. The molecule has 224 valence electrons. The monoisotopic (exact) mass is 600 g/mol. The minimum Gasteiger partial charge on any atom is -0.426 e. The van der Waals surface area contributed by atoms with Crippen LogP contribution < -0.4 is 0 Å². The zero-order chi connectivity index (χ0) is 31.2. The van der Waals surface area contributed by atoms with Crippen LogP contribution in [0.5, 0.6) is 0 Å². The molecule has 0 spiro atoms. The van der Waals surface area contributed by atoms with Gasteiger partial charge in [0.25, 0.3) is 0 Å². The average Bonchev–Trinajstić information content (AvgIpc) is 3.61. The fourth-order valence-corrected chi connectivity index (χ4v) is 8.29. The number of ketones is 2. The number of carbonyl (C=O) groups excluding carboxylic acids is 3. The molecule has 3 aliphatic rings. The van der Waals surface area contributed by atoms with E-state index in [1.165, 1.54) is 0 Å². The SMILES string of the molecule is O=C(C[C@@H]1c2ccccc2C([C@@H]2c3ccccc3[C@H]3C=C(c4ccccc4)OC(=O)[C@H]32)[C@H]1C(=O)c1ccccc1)c1ccccc1. The Balaban J connectivity index is 1.29. The largest absolute Gasteiger partial charge is 0.426 e. The van der Waals surface area contributed by atoms with Gasteiger partial charge in [0.05, 0.1) is 5.92 Å². The van der Waals surface area contributed by atoms with Gasteiger partial charge in [-0.25, -0.2) is 0 Å². The van der Waals surface area contributed by atoms with E-state index in [-0.39, 0.29) is 47.6 Å². The lowest BCUT2D eigenvalue weighted by atomic mass is 9.68. The van der Waals surface area contributed by atoms with Gasteiger partial charge in [-0.05, 0) is 28.3 Å². The van der Waals surface area contributed by atoms with Gasteiger partial charge in [-0.2, -0.15) is 0 Å². The van der Waals surface area contributed by atoms with Gasteiger partial charge in [0, 0.05) is 52.7 Å². The van der Waals surface area contributed by atoms with Crippen LogP contribution in [0.4, 0.5) is 0 Å². The van der Waals surface area contributed by atoms with Crippen molar-refractivity contribution in [3.63, 3.8) is 0 Å². The predicted octanol–water partition coefficient (Wildman–Crippen LogP) is 8.73. The van der Waals surface area contributed by atoms with E-state index < -0.39 is 11.8 Å². The van der Waals surface area contributed by atoms with Crippen molar-refractivity contribution in [3.8, 4) is 0 Å². The predicted molar refractivity (Wildman–Crippen MR) is 178 cm³/mol. The maximum atomic E-state index is 14.8. The summed E-state index contributed by atoms with van der Waals surface area (Å²) in [6.07, 6.45) is 2.29. The van der Waals surface area contributed by atoms with Gasteiger partial charge in [-0.15, -0.1) is 0 Å². The van der Waals surface area contributed by atoms with E-state index in [1.807, 2.05) is 115 Å². The van der Waals surface area contributed by atoms with Crippen LogP contribution in [0.15, 0.2) is 146 Å². The molecular weight excluding hydrogens is 568 g/mol. The van der Waals surface area contributed by atoms with E-state index in [9.17, 15) is 14.4 Å². The van der Waals surface area contributed by atoms with Gasteiger partial charge in [0.1, 0.15) is 5.76 Å². The molecule has 4 nitrogen and oxygen atoms in total. The van der Waals surface area contributed by atoms with Gasteiger partial charge < -0.3 is 4.74 Å². The van der Waals surface area contributed by atoms with Gasteiger partial charge in [-0.1, -0.05) is 140 Å². The van der Waals surface area contributed by atoms with Crippen LogP contribution in [0.25, 0.3) is 5.76 Å². The van der Waals surface area contributed by atoms with Crippen LogP contribution in [-0.2, 0) is 9.53 Å². The molecule has 0 amide bonds. The van der Waals surface area contributed by atoms with E-state index in [0.29, 0.717) is 16.9 Å². The van der Waals surface area contributed by atoms with E-state index in [4.69, 9.17) is 4.74 Å². The fraction of sp³-hybridized carbons (Fsp3) is 0.167. The Hall–Kier alpha value is -5.35. The standard InChI is InChI=1S/C42H32O4/c43-35(26-14-4-1-5-15-26)24-33-29-20-10-12-22-31(29)37(39(33)41(44)28-18-8-3-9-19-28)38-32-23-13-11-21-30(32)34-25-36(46-42(45)40(34)38)27-16-6-2-7-17-27/h1-23,25,33-34,37-40H,24H2/t33-,34-,37?,38+,39+,40-/m1/s1. The lowest BCUT2D eigenvalue weighted by molar-refractivity contribution is -0.143. The fourth-order valence-electron chi connectivity index (χ4n) is 8.29. The summed E-state index contributed by atoms with van der Waals surface area (Å²) >= 11 is 0. The summed E-state index contributed by atoms with van der Waals surface area (Å²) in [5.41, 5.74) is 6.32. The minimum atomic E-state index is -0.545. The minimum absolute atomic E-state index is 0.00159. The Morgan fingerprint density at radius 1 is 0.543 bits per heavy atom. The van der Waals surface area contributed by atoms with Crippen molar-refractivity contribution in [2.45, 2.75) is 30.1 Å². The molecular formula is C42H32O4. The van der Waals surface area contributed by atoms with Crippen LogP contribution in [0.2, 0.25) is 0 Å². The van der Waals surface area contributed by atoms with Crippen molar-refractivity contribution in [1.29, 1.82) is 0 Å². The van der Waals surface area contributed by atoms with Crippen LogP contribution in [0.3, 0.4) is 0 Å². The number of cyclic esters (lactones) is 1. The van der Waals surface area contributed by atoms with Crippen molar-refractivity contribution >= 4 is 23.3 Å². The number of allylic oxidation sites excluding steroid dienone is 1. The zero-order valence-corrected chi connectivity index (χ0v) is 25.2. The van der Waals surface area contributed by atoms with Crippen molar-refractivity contribution in [3.05, 3.63) is 185 Å². The highest BCUT2D eigenvalue weighted by Crippen LogP contribution is 2.63. The van der Waals surface area contributed by atoms with Gasteiger partial charge in [0.15, 0.2) is 11.6 Å². The molecule has 0 fully saturated rings. The zero-order valence-electron chi connectivity index (χ0n) is 25.2. The maximum Gasteiger partial charge on any atom is 0.315 e. The topological polar surface area (TPSA) is 60.4 Å². The number of hydrogen-bond donors (Lipinski definition) is 0. The van der Waals surface area contributed by atoms with Crippen LogP contribution in [0, 0.1) is 11.8 Å². The first-order valence-electron chi connectivity index (χ1n) is 15.9. The Morgan fingerprint density at radius 2 is 1.07 bits per heavy atom. The average molecular weight is 601 g/mol. The van der Waals surface area contributed by atoms with Crippen molar-refractivity contribution in [2.75, 3.05) is 0 Å². The summed E-state index contributed by atoms with van der Waals surface area (Å²) in [7, 11) is 0. The number of ether oxygens (including phenoxy) is 1. The molecule has 5 aromatic rings. The van der Waals surface area contributed by atoms with Crippen molar-refractivity contribution in [1.82, 2.24) is 0 Å². The number of hydrogen-bond acceptors (Lipinski definition) is 4. The quantitative estimate of drug-likeness (QED) is 0.138. The summed E-state index contributed by atoms with van der Waals surface area (Å²) in [6.45, 7) is 0. The molecule has 8 rings (SSSR count). The second-order valence-corrected chi connectivity index (χ2v) is 12.5. The molecule has 0 saturated heterocycles. The van der Waals surface area contributed by atoms with E-state index in [0.717, 1.165) is 27.8 Å². The lowest BCUT2D eigenvalue weighted by Gasteiger charge is -2.34. The van der Waals surface area contributed by atoms with Gasteiger partial charge in [0.2, 0.25) is 0 Å². The van der Waals surface area contributed by atoms with Crippen LogP contribution >= 0.6 is 0 Å². The molecule has 1 heterocycles. The summed E-state index contributed by atoms with van der Waals surface area (Å²) < 4.78 is 6.11. The van der Waals surface area contributed by atoms with E-state index in [1.54, 1.807) is 0 Å². The number of fused-ring (bicyclic) bond motifs is 4. The first kappa shape index (κ1) is 28.1. The summed E-state index contributed by atoms with van der Waals surface area (Å²) in [6, 6.07) is 44.8. The molecule has 46 heavy (non-hydrogen) atoms. The Kier molecular flexibility index (Phi) is 7.06. The molecule has 6 atom stereocenters. The van der Waals surface area contributed by atoms with Gasteiger partial charge in [-0.3, -0.25) is 14.4 Å². The molecule has 1 unspecified atom stereocenters. The highest BCUT2D eigenvalue weighted by molar-refractivity contribution is 6.02. The molecule has 0 bridgehead atoms. The number of benzene rings is 5. The second-order valence-electron chi connectivity index (χ2n) is 12.5. The van der Waals surface area contributed by atoms with Crippen molar-refractivity contribution < 1.29 is 19.1 Å². The van der Waals surface area contributed by atoms with Crippen LogP contribution in [-0.4, -0.2) is 17.5 Å². The Morgan fingerprint density at radius 3 is 1.72 bits per heavy atom. The third-order valence-corrected chi connectivity index (χ3v) is 10.2. The summed E-state index contributed by atoms with van der Waals surface area (Å²) in [5.74, 6) is -1.93. The molecule has 0 aromatic heterocycles. The van der Waals surface area contributed by atoms with Crippen molar-refractivity contribution in [2.24, 2.45) is 11.8 Å². The Bertz CT molecular complexity index is 1980. The van der Waals surface area contributed by atoms with E-state index >= 15 is 0 Å². The normalized spacial score (nSPS) is 24.3. The maximum absolute atomic E-state index is 14.8. The summed E-state index contributed by atoms with van der Waals surface area (Å²) in [4.78, 5) is 42.8. The molecule has 5 aromatic carbocycles. The highest BCUT2D eigenvalue weighted by Gasteiger charge is 2.57. The van der Waals surface area contributed by atoms with Gasteiger partial charge >= 0.3 is 5.97 Å². The second kappa shape index (κ2) is 11.5. The third kappa shape index (κ3) is 4.64.